The molecule has 0 aliphatic heterocycles. The summed E-state index contributed by atoms with van der Waals surface area (Å²) in [7, 11) is 0. The molecule has 13 heavy (non-hydrogen) atoms. The Morgan fingerprint density at radius 1 is 1.23 bits per heavy atom. The zero-order valence-electron chi connectivity index (χ0n) is 6.03. The first-order chi connectivity index (χ1) is 6.09. The number of hydrogen-bond donors (Lipinski definition) is 1. The molecule has 1 aromatic carbocycles. The molecular formula is C7H2F3NS2. The van der Waals surface area contributed by atoms with Crippen molar-refractivity contribution >= 4 is 33.8 Å². The molecule has 0 bridgehead atoms. The van der Waals surface area contributed by atoms with E-state index in [-0.39, 0.29) is 10.2 Å². The molecule has 68 valence electrons. The van der Waals surface area contributed by atoms with Gasteiger partial charge in [-0.15, -0.1) is 11.3 Å². The van der Waals surface area contributed by atoms with Crippen molar-refractivity contribution < 1.29 is 13.2 Å². The highest BCUT2D eigenvalue weighted by Crippen LogP contribution is 2.25. The highest BCUT2D eigenvalue weighted by molar-refractivity contribution is 7.73. The second-order valence-electron chi connectivity index (χ2n) is 2.37. The number of benzene rings is 1. The van der Waals surface area contributed by atoms with Crippen LogP contribution in [0, 0.1) is 21.4 Å². The van der Waals surface area contributed by atoms with Gasteiger partial charge in [-0.05, 0) is 18.3 Å². The number of halogens is 3. The summed E-state index contributed by atoms with van der Waals surface area (Å²) in [4.78, 5) is 2.45. The first-order valence-electron chi connectivity index (χ1n) is 3.26. The standard InChI is InChI=1S/C7H2F3NS2/c8-2-1-3-6(5(10)4(2)9)11-7(12)13-3/h1H,(H,11,12). The number of rotatable bonds is 0. The second-order valence-corrected chi connectivity index (χ2v) is 4.09. The topological polar surface area (TPSA) is 15.8 Å². The molecule has 0 saturated carbocycles. The van der Waals surface area contributed by atoms with Crippen molar-refractivity contribution in [3.63, 3.8) is 0 Å². The van der Waals surface area contributed by atoms with E-state index in [1.807, 2.05) is 0 Å². The monoisotopic (exact) mass is 221 g/mol. The summed E-state index contributed by atoms with van der Waals surface area (Å²) >= 11 is 5.71. The van der Waals surface area contributed by atoms with E-state index in [9.17, 15) is 13.2 Å². The van der Waals surface area contributed by atoms with Crippen LogP contribution < -0.4 is 0 Å². The minimum absolute atomic E-state index is 0.0751. The maximum absolute atomic E-state index is 13.0. The predicted octanol–water partition coefficient (Wildman–Crippen LogP) is 3.38. The maximum atomic E-state index is 13.0. The van der Waals surface area contributed by atoms with Gasteiger partial charge in [0.1, 0.15) is 0 Å². The second kappa shape index (κ2) is 2.81. The van der Waals surface area contributed by atoms with E-state index in [0.29, 0.717) is 3.95 Å². The third kappa shape index (κ3) is 1.26. The van der Waals surface area contributed by atoms with Gasteiger partial charge in [0.15, 0.2) is 21.4 Å². The van der Waals surface area contributed by atoms with Crippen LogP contribution in [0.5, 0.6) is 0 Å². The quantitative estimate of drug-likeness (QED) is 0.532. The van der Waals surface area contributed by atoms with Crippen molar-refractivity contribution in [3.8, 4) is 0 Å². The molecule has 0 aliphatic rings. The molecule has 1 aromatic heterocycles. The lowest BCUT2D eigenvalue weighted by molar-refractivity contribution is 0.453. The van der Waals surface area contributed by atoms with E-state index < -0.39 is 17.5 Å². The zero-order chi connectivity index (χ0) is 9.59. The molecule has 1 nitrogen and oxygen atoms in total. The van der Waals surface area contributed by atoms with Crippen LogP contribution in [-0.4, -0.2) is 4.98 Å². The molecule has 0 fully saturated rings. The first-order valence-corrected chi connectivity index (χ1v) is 4.48. The Bertz CT molecular complexity index is 528. The van der Waals surface area contributed by atoms with Crippen molar-refractivity contribution in [2.75, 3.05) is 0 Å². The Labute approximate surface area is 79.8 Å². The zero-order valence-corrected chi connectivity index (χ0v) is 7.66. The van der Waals surface area contributed by atoms with Crippen molar-refractivity contribution in [1.82, 2.24) is 4.98 Å². The Balaban J connectivity index is 3.00. The molecule has 0 saturated heterocycles. The lowest BCUT2D eigenvalue weighted by Gasteiger charge is -1.95. The average molecular weight is 221 g/mol. The van der Waals surface area contributed by atoms with E-state index in [1.165, 1.54) is 0 Å². The number of hydrogen-bond acceptors (Lipinski definition) is 2. The van der Waals surface area contributed by atoms with Gasteiger partial charge in [0, 0.05) is 0 Å². The molecule has 0 amide bonds. The minimum Gasteiger partial charge on any atom is -0.334 e. The summed E-state index contributed by atoms with van der Waals surface area (Å²) < 4.78 is 38.9. The van der Waals surface area contributed by atoms with Crippen molar-refractivity contribution in [3.05, 3.63) is 27.5 Å². The number of thiazole rings is 1. The Morgan fingerprint density at radius 3 is 2.62 bits per heavy atom. The van der Waals surface area contributed by atoms with E-state index in [2.05, 4.69) is 4.98 Å². The van der Waals surface area contributed by atoms with Crippen LogP contribution in [0.1, 0.15) is 0 Å². The summed E-state index contributed by atoms with van der Waals surface area (Å²) in [6, 6.07) is 0.921. The number of aromatic amines is 1. The molecule has 0 atom stereocenters. The molecule has 1 heterocycles. The number of H-pyrrole nitrogens is 1. The van der Waals surface area contributed by atoms with Gasteiger partial charge in [-0.3, -0.25) is 0 Å². The summed E-state index contributed by atoms with van der Waals surface area (Å²) in [6.45, 7) is 0. The van der Waals surface area contributed by atoms with Crippen molar-refractivity contribution in [1.29, 1.82) is 0 Å². The Kier molecular flexibility index (Phi) is 1.88. The van der Waals surface area contributed by atoms with Gasteiger partial charge in [0.05, 0.1) is 10.2 Å². The van der Waals surface area contributed by atoms with Gasteiger partial charge >= 0.3 is 0 Å². The van der Waals surface area contributed by atoms with Crippen molar-refractivity contribution in [2.24, 2.45) is 0 Å². The molecule has 0 radical (unpaired) electrons. The van der Waals surface area contributed by atoms with Crippen LogP contribution in [0.4, 0.5) is 13.2 Å². The van der Waals surface area contributed by atoms with Gasteiger partial charge in [-0.2, -0.15) is 0 Å². The van der Waals surface area contributed by atoms with Gasteiger partial charge in [-0.1, -0.05) is 0 Å². The number of aromatic nitrogens is 1. The van der Waals surface area contributed by atoms with Crippen molar-refractivity contribution in [2.45, 2.75) is 0 Å². The smallest absolute Gasteiger partial charge is 0.196 e. The summed E-state index contributed by atoms with van der Waals surface area (Å²) in [6.07, 6.45) is 0. The van der Waals surface area contributed by atoms with Gasteiger partial charge < -0.3 is 4.98 Å². The third-order valence-electron chi connectivity index (χ3n) is 1.56. The largest absolute Gasteiger partial charge is 0.334 e. The van der Waals surface area contributed by atoms with Crippen LogP contribution in [0.15, 0.2) is 6.07 Å². The van der Waals surface area contributed by atoms with E-state index in [1.54, 1.807) is 0 Å². The Hall–Kier alpha value is -0.880. The van der Waals surface area contributed by atoms with Gasteiger partial charge in [-0.25, -0.2) is 13.2 Å². The number of nitrogens with one attached hydrogen (secondary N) is 1. The van der Waals surface area contributed by atoms with Crippen LogP contribution in [0.2, 0.25) is 0 Å². The van der Waals surface area contributed by atoms with Gasteiger partial charge in [0.25, 0.3) is 0 Å². The average Bonchev–Trinajstić information content (AvgIpc) is 2.42. The summed E-state index contributed by atoms with van der Waals surface area (Å²) in [5.41, 5.74) is -0.0751. The van der Waals surface area contributed by atoms with Crippen LogP contribution in [-0.2, 0) is 0 Å². The third-order valence-corrected chi connectivity index (χ3v) is 2.74. The SMILES string of the molecule is Fc1cc2sc(=S)[nH]c2c(F)c1F. The van der Waals surface area contributed by atoms with E-state index in [0.717, 1.165) is 17.4 Å². The summed E-state index contributed by atoms with van der Waals surface area (Å²) in [5, 5.41) is 0. The molecular weight excluding hydrogens is 219 g/mol. The molecule has 0 aliphatic carbocycles. The van der Waals surface area contributed by atoms with E-state index in [4.69, 9.17) is 12.2 Å². The molecule has 0 unspecified atom stereocenters. The summed E-state index contributed by atoms with van der Waals surface area (Å²) in [5.74, 6) is -3.89. The van der Waals surface area contributed by atoms with Gasteiger partial charge in [0.2, 0.25) is 0 Å². The van der Waals surface area contributed by atoms with E-state index >= 15 is 0 Å². The minimum atomic E-state index is -1.48. The fraction of sp³-hybridized carbons (Fsp3) is 0. The predicted molar refractivity (Wildman–Crippen MR) is 46.9 cm³/mol. The molecule has 6 heteroatoms. The highest BCUT2D eigenvalue weighted by atomic mass is 32.1. The van der Waals surface area contributed by atoms with Crippen LogP contribution in [0.3, 0.4) is 0 Å². The van der Waals surface area contributed by atoms with Crippen LogP contribution >= 0.6 is 23.6 Å². The molecule has 1 N–H and O–H groups in total. The normalized spacial score (nSPS) is 11.0. The lowest BCUT2D eigenvalue weighted by Crippen LogP contribution is -1.90. The first kappa shape index (κ1) is 8.71. The fourth-order valence-electron chi connectivity index (χ4n) is 0.998. The Morgan fingerprint density at radius 2 is 1.92 bits per heavy atom. The fourth-order valence-corrected chi connectivity index (χ4v) is 2.13. The van der Waals surface area contributed by atoms with Crippen LogP contribution in [0.25, 0.3) is 10.2 Å². The molecule has 0 spiro atoms. The maximum Gasteiger partial charge on any atom is 0.196 e. The highest BCUT2D eigenvalue weighted by Gasteiger charge is 2.14. The molecule has 2 aromatic rings. The molecule has 2 rings (SSSR count). The number of fused-ring (bicyclic) bond motifs is 1. The lowest BCUT2D eigenvalue weighted by atomic mass is 10.3.